The Morgan fingerprint density at radius 2 is 1.76 bits per heavy atom. The lowest BCUT2D eigenvalue weighted by molar-refractivity contribution is 0.290. The maximum atomic E-state index is 5.79. The summed E-state index contributed by atoms with van der Waals surface area (Å²) in [7, 11) is 0. The summed E-state index contributed by atoms with van der Waals surface area (Å²) >= 11 is 0. The molecule has 2 aliphatic rings. The highest BCUT2D eigenvalue weighted by atomic mass is 16.5. The van der Waals surface area contributed by atoms with Crippen molar-refractivity contribution in [1.29, 1.82) is 0 Å². The summed E-state index contributed by atoms with van der Waals surface area (Å²) in [5.74, 6) is 2.68. The quantitative estimate of drug-likeness (QED) is 0.909. The first kappa shape index (κ1) is 14.7. The highest BCUT2D eigenvalue weighted by Gasteiger charge is 2.21. The lowest BCUT2D eigenvalue weighted by Crippen LogP contribution is -2.34. The third-order valence-electron chi connectivity index (χ3n) is 4.77. The molecule has 1 fully saturated rings. The number of hydrogen-bond donors (Lipinski definition) is 1. The summed E-state index contributed by atoms with van der Waals surface area (Å²) in [5, 5.41) is 3.78. The molecule has 0 bridgehead atoms. The van der Waals surface area contributed by atoms with Crippen LogP contribution in [-0.2, 0) is 0 Å². The Morgan fingerprint density at radius 3 is 2.52 bits per heavy atom. The van der Waals surface area contributed by atoms with E-state index in [1.54, 1.807) is 0 Å². The van der Waals surface area contributed by atoms with Gasteiger partial charge < -0.3 is 14.8 Å². The van der Waals surface area contributed by atoms with Crippen molar-refractivity contribution in [2.24, 2.45) is 5.92 Å². The summed E-state index contributed by atoms with van der Waals surface area (Å²) < 4.78 is 11.5. The molecule has 1 atom stereocenters. The third kappa shape index (κ3) is 3.70. The molecule has 3 rings (SSSR count). The standard InChI is InChI=1S/C18H27NO2/c1-13-4-7-16(8-5-13)19-14(2)15-6-9-17-18(12-15)21-11-3-10-20-17/h6,9,12-14,16,19H,3-5,7-8,10-11H2,1-2H3. The zero-order valence-electron chi connectivity index (χ0n) is 13.2. The second-order valence-corrected chi connectivity index (χ2v) is 6.60. The zero-order chi connectivity index (χ0) is 14.7. The van der Waals surface area contributed by atoms with E-state index in [4.69, 9.17) is 9.47 Å². The van der Waals surface area contributed by atoms with E-state index in [2.05, 4.69) is 37.4 Å². The van der Waals surface area contributed by atoms with E-state index in [1.807, 2.05) is 0 Å². The molecule has 0 spiro atoms. The molecular weight excluding hydrogens is 262 g/mol. The van der Waals surface area contributed by atoms with Gasteiger partial charge in [-0.05, 0) is 56.2 Å². The second-order valence-electron chi connectivity index (χ2n) is 6.60. The van der Waals surface area contributed by atoms with Crippen LogP contribution in [0.4, 0.5) is 0 Å². The second kappa shape index (κ2) is 6.69. The van der Waals surface area contributed by atoms with Crippen LogP contribution in [0, 0.1) is 5.92 Å². The Hall–Kier alpha value is -1.22. The first-order valence-corrected chi connectivity index (χ1v) is 8.38. The Bertz CT molecular complexity index is 466. The van der Waals surface area contributed by atoms with E-state index in [1.165, 1.54) is 31.2 Å². The van der Waals surface area contributed by atoms with Crippen LogP contribution < -0.4 is 14.8 Å². The van der Waals surface area contributed by atoms with Crippen LogP contribution >= 0.6 is 0 Å². The lowest BCUT2D eigenvalue weighted by Gasteiger charge is -2.30. The molecule has 1 N–H and O–H groups in total. The average molecular weight is 289 g/mol. The summed E-state index contributed by atoms with van der Waals surface area (Å²) in [6.07, 6.45) is 6.27. The van der Waals surface area contributed by atoms with E-state index in [0.717, 1.165) is 37.1 Å². The zero-order valence-corrected chi connectivity index (χ0v) is 13.2. The number of nitrogens with one attached hydrogen (secondary N) is 1. The highest BCUT2D eigenvalue weighted by molar-refractivity contribution is 5.44. The van der Waals surface area contributed by atoms with E-state index in [-0.39, 0.29) is 0 Å². The van der Waals surface area contributed by atoms with Gasteiger partial charge in [-0.2, -0.15) is 0 Å². The van der Waals surface area contributed by atoms with Gasteiger partial charge in [0, 0.05) is 18.5 Å². The number of benzene rings is 1. The van der Waals surface area contributed by atoms with Gasteiger partial charge >= 0.3 is 0 Å². The minimum atomic E-state index is 0.362. The van der Waals surface area contributed by atoms with Gasteiger partial charge in [0.2, 0.25) is 0 Å². The monoisotopic (exact) mass is 289 g/mol. The van der Waals surface area contributed by atoms with E-state index in [0.29, 0.717) is 12.1 Å². The lowest BCUT2D eigenvalue weighted by atomic mass is 9.87. The number of rotatable bonds is 3. The van der Waals surface area contributed by atoms with Crippen molar-refractivity contribution in [1.82, 2.24) is 5.32 Å². The van der Waals surface area contributed by atoms with Crippen LogP contribution in [0.15, 0.2) is 18.2 Å². The molecule has 1 heterocycles. The van der Waals surface area contributed by atoms with Gasteiger partial charge in [0.15, 0.2) is 11.5 Å². The molecule has 0 saturated heterocycles. The molecule has 1 aliphatic carbocycles. The molecule has 1 unspecified atom stereocenters. The van der Waals surface area contributed by atoms with Crippen molar-refractivity contribution in [3.63, 3.8) is 0 Å². The molecule has 3 heteroatoms. The van der Waals surface area contributed by atoms with Crippen molar-refractivity contribution < 1.29 is 9.47 Å². The topological polar surface area (TPSA) is 30.5 Å². The molecule has 1 aliphatic heterocycles. The predicted molar refractivity (Wildman–Crippen MR) is 85.0 cm³/mol. The van der Waals surface area contributed by atoms with Crippen molar-refractivity contribution >= 4 is 0 Å². The van der Waals surface area contributed by atoms with Gasteiger partial charge in [-0.1, -0.05) is 13.0 Å². The Kier molecular flexibility index (Phi) is 4.69. The summed E-state index contributed by atoms with van der Waals surface area (Å²) in [6.45, 7) is 6.11. The molecule has 116 valence electrons. The molecule has 21 heavy (non-hydrogen) atoms. The maximum absolute atomic E-state index is 5.79. The molecule has 1 saturated carbocycles. The third-order valence-corrected chi connectivity index (χ3v) is 4.77. The summed E-state index contributed by atoms with van der Waals surface area (Å²) in [4.78, 5) is 0. The SMILES string of the molecule is CC1CCC(NC(C)c2ccc3c(c2)OCCCO3)CC1. The van der Waals surface area contributed by atoms with Crippen LogP contribution in [-0.4, -0.2) is 19.3 Å². The Morgan fingerprint density at radius 1 is 1.05 bits per heavy atom. The van der Waals surface area contributed by atoms with Crippen LogP contribution in [0.25, 0.3) is 0 Å². The Balaban J connectivity index is 1.64. The Labute approximate surface area is 128 Å². The predicted octanol–water partition coefficient (Wildman–Crippen LogP) is 4.08. The molecule has 0 amide bonds. The van der Waals surface area contributed by atoms with Gasteiger partial charge in [-0.3, -0.25) is 0 Å². The number of hydrogen-bond acceptors (Lipinski definition) is 3. The molecule has 0 radical (unpaired) electrons. The molecule has 0 aromatic heterocycles. The van der Waals surface area contributed by atoms with Crippen molar-refractivity contribution in [3.05, 3.63) is 23.8 Å². The fourth-order valence-electron chi connectivity index (χ4n) is 3.33. The minimum absolute atomic E-state index is 0.362. The average Bonchev–Trinajstić information content (AvgIpc) is 2.74. The van der Waals surface area contributed by atoms with Gasteiger partial charge in [-0.25, -0.2) is 0 Å². The molecule has 1 aromatic rings. The summed E-state index contributed by atoms with van der Waals surface area (Å²) in [5.41, 5.74) is 1.29. The number of fused-ring (bicyclic) bond motifs is 1. The van der Waals surface area contributed by atoms with Crippen LogP contribution in [0.3, 0.4) is 0 Å². The van der Waals surface area contributed by atoms with Crippen LogP contribution in [0.1, 0.15) is 57.6 Å². The number of ether oxygens (including phenoxy) is 2. The van der Waals surface area contributed by atoms with Crippen LogP contribution in [0.5, 0.6) is 11.5 Å². The minimum Gasteiger partial charge on any atom is -0.490 e. The van der Waals surface area contributed by atoms with Gasteiger partial charge in [0.05, 0.1) is 13.2 Å². The fourth-order valence-corrected chi connectivity index (χ4v) is 3.33. The van der Waals surface area contributed by atoms with Gasteiger partial charge in [0.1, 0.15) is 0 Å². The normalized spacial score (nSPS) is 27.0. The van der Waals surface area contributed by atoms with Crippen molar-refractivity contribution in [3.8, 4) is 11.5 Å². The first-order chi connectivity index (χ1) is 10.2. The van der Waals surface area contributed by atoms with Gasteiger partial charge in [0.25, 0.3) is 0 Å². The van der Waals surface area contributed by atoms with E-state index >= 15 is 0 Å². The van der Waals surface area contributed by atoms with Crippen molar-refractivity contribution in [2.45, 2.75) is 58.0 Å². The maximum Gasteiger partial charge on any atom is 0.161 e. The molecule has 1 aromatic carbocycles. The molecular formula is C18H27NO2. The van der Waals surface area contributed by atoms with E-state index in [9.17, 15) is 0 Å². The van der Waals surface area contributed by atoms with Crippen LogP contribution in [0.2, 0.25) is 0 Å². The smallest absolute Gasteiger partial charge is 0.161 e. The first-order valence-electron chi connectivity index (χ1n) is 8.38. The highest BCUT2D eigenvalue weighted by Crippen LogP contribution is 2.33. The van der Waals surface area contributed by atoms with E-state index < -0.39 is 0 Å². The van der Waals surface area contributed by atoms with Crippen molar-refractivity contribution in [2.75, 3.05) is 13.2 Å². The van der Waals surface area contributed by atoms with Gasteiger partial charge in [-0.15, -0.1) is 0 Å². The molecule has 3 nitrogen and oxygen atoms in total. The largest absolute Gasteiger partial charge is 0.490 e. The summed E-state index contributed by atoms with van der Waals surface area (Å²) in [6, 6.07) is 7.38. The fraction of sp³-hybridized carbons (Fsp3) is 0.667.